The van der Waals surface area contributed by atoms with Gasteiger partial charge in [0.15, 0.2) is 0 Å². The number of aromatic nitrogens is 6. The Balaban J connectivity index is 0.980. The zero-order valence-corrected chi connectivity index (χ0v) is 38.8. The van der Waals surface area contributed by atoms with Crippen molar-refractivity contribution in [1.29, 1.82) is 0 Å². The monoisotopic (exact) mass is 891 g/mol. The van der Waals surface area contributed by atoms with Crippen LogP contribution >= 0.6 is 0 Å². The van der Waals surface area contributed by atoms with Crippen molar-refractivity contribution in [3.8, 4) is 0 Å². The molecule has 0 spiro atoms. The topological polar surface area (TPSA) is 120 Å². The van der Waals surface area contributed by atoms with Crippen molar-refractivity contribution in [3.63, 3.8) is 0 Å². The third-order valence-electron chi connectivity index (χ3n) is 16.3. The fraction of sp³-hybridized carbons (Fsp3) is 0.538. The second-order valence-corrected chi connectivity index (χ2v) is 20.2. The maximum Gasteiger partial charge on any atom is 0.138 e. The molecular formula is C52H66N12O2. The molecule has 6 aromatic heterocycles. The van der Waals surface area contributed by atoms with Gasteiger partial charge >= 0.3 is 0 Å². The number of aryl methyl sites for hydroxylation is 2. The number of fused-ring (bicyclic) bond motifs is 6. The first kappa shape index (κ1) is 42.4. The van der Waals surface area contributed by atoms with Crippen LogP contribution in [0.4, 0.5) is 11.6 Å². The van der Waals surface area contributed by atoms with Gasteiger partial charge in [-0.2, -0.15) is 0 Å². The van der Waals surface area contributed by atoms with E-state index in [-0.39, 0.29) is 12.1 Å². The van der Waals surface area contributed by atoms with Crippen molar-refractivity contribution in [2.75, 3.05) is 76.3 Å². The summed E-state index contributed by atoms with van der Waals surface area (Å²) in [6.45, 7) is 8.98. The Morgan fingerprint density at radius 2 is 1.03 bits per heavy atom. The van der Waals surface area contributed by atoms with Gasteiger partial charge in [-0.1, -0.05) is 24.3 Å². The molecule has 66 heavy (non-hydrogen) atoms. The third kappa shape index (κ3) is 7.48. The van der Waals surface area contributed by atoms with Crippen molar-refractivity contribution in [2.45, 2.75) is 114 Å². The van der Waals surface area contributed by atoms with Crippen molar-refractivity contribution < 1.29 is 10.2 Å². The minimum absolute atomic E-state index is 0.118. The van der Waals surface area contributed by atoms with Crippen LogP contribution in [-0.2, 0) is 25.9 Å². The number of hydrogen-bond donors (Lipinski definition) is 2. The molecule has 2 N–H and O–H groups in total. The molecule has 0 bridgehead atoms. The molecule has 6 aliphatic rings. The van der Waals surface area contributed by atoms with Gasteiger partial charge in [-0.25, -0.2) is 9.97 Å². The van der Waals surface area contributed by atoms with Crippen LogP contribution in [0.3, 0.4) is 0 Å². The summed E-state index contributed by atoms with van der Waals surface area (Å²) in [7, 11) is 4.33. The van der Waals surface area contributed by atoms with Crippen molar-refractivity contribution >= 4 is 22.9 Å². The maximum atomic E-state index is 13.4. The highest BCUT2D eigenvalue weighted by molar-refractivity contribution is 5.58. The normalized spacial score (nSPS) is 24.6. The fourth-order valence-corrected chi connectivity index (χ4v) is 13.0. The van der Waals surface area contributed by atoms with E-state index in [1.54, 1.807) is 0 Å². The number of hydrogen-bond acceptors (Lipinski definition) is 12. The van der Waals surface area contributed by atoms with Gasteiger partial charge in [-0.05, 0) is 139 Å². The van der Waals surface area contributed by atoms with E-state index in [4.69, 9.17) is 19.9 Å². The molecule has 4 saturated heterocycles. The highest BCUT2D eigenvalue weighted by atomic mass is 16.3. The smallest absolute Gasteiger partial charge is 0.138 e. The standard InChI is InChI=1S/C52H66N12O2/c1-57(41-17-3-11-35-13-7-23-53-47(35)41)33-39-49(63-43(55-39)19-5-21-45(63)61-29-27-59-25-9-15-37(59)31-61)51(65)52(66)50-40(34-58(2)42-18-4-12-36-14-8-24-54-48(36)42)56-44-20-6-22-46(64(44)50)62-30-28-60-26-10-16-38(60)32-62/h5-8,13-14,19-24,37-38,41-42,51-52,65-66H,3-4,9-12,15-18,25-34H2,1-2H3/t37?,38?,41-,42-,51?,52?/m0/s1. The van der Waals surface area contributed by atoms with E-state index in [9.17, 15) is 10.2 Å². The third-order valence-corrected chi connectivity index (χ3v) is 16.3. The number of pyridine rings is 4. The minimum atomic E-state index is -1.32. The molecule has 0 amide bonds. The molecule has 10 heterocycles. The van der Waals surface area contributed by atoms with Gasteiger partial charge in [0.25, 0.3) is 0 Å². The SMILES string of the molecule is CN(Cc1nc2cccc(N3CCN4CCCC4C3)n2c1C(O)C(O)c1c(CN(C)[C@H]2CCCc3cccnc32)nc2cccc(N3CCN4CCCC4C3)n12)[C@H]1CCCc2cccnc21. The van der Waals surface area contributed by atoms with Crippen LogP contribution < -0.4 is 9.80 Å². The number of rotatable bonds is 11. The molecule has 0 saturated carbocycles. The first-order valence-corrected chi connectivity index (χ1v) is 25.0. The van der Waals surface area contributed by atoms with Gasteiger partial charge in [-0.3, -0.25) is 38.4 Å². The van der Waals surface area contributed by atoms with Crippen LogP contribution in [0.1, 0.15) is 121 Å². The van der Waals surface area contributed by atoms with Crippen LogP contribution in [0.15, 0.2) is 73.1 Å². The first-order chi connectivity index (χ1) is 32.4. The highest BCUT2D eigenvalue weighted by Gasteiger charge is 2.39. The van der Waals surface area contributed by atoms with E-state index >= 15 is 0 Å². The zero-order chi connectivity index (χ0) is 44.5. The van der Waals surface area contributed by atoms with Gasteiger partial charge in [0.2, 0.25) is 0 Å². The van der Waals surface area contributed by atoms with Gasteiger partial charge < -0.3 is 20.0 Å². The lowest BCUT2D eigenvalue weighted by Gasteiger charge is -2.39. The summed E-state index contributed by atoms with van der Waals surface area (Å²) in [6, 6.07) is 22.5. The Labute approximate surface area is 388 Å². The van der Waals surface area contributed by atoms with Gasteiger partial charge in [0.05, 0.1) is 46.2 Å². The Hall–Kier alpha value is -4.96. The largest absolute Gasteiger partial charge is 0.384 e. The molecule has 4 unspecified atom stereocenters. The van der Waals surface area contributed by atoms with Crippen LogP contribution in [-0.4, -0.2) is 137 Å². The first-order valence-electron chi connectivity index (χ1n) is 25.0. The van der Waals surface area contributed by atoms with E-state index in [1.807, 2.05) is 24.5 Å². The molecule has 14 nitrogen and oxygen atoms in total. The molecule has 4 aliphatic heterocycles. The zero-order valence-electron chi connectivity index (χ0n) is 38.8. The predicted molar refractivity (Wildman–Crippen MR) is 257 cm³/mol. The Bertz CT molecular complexity index is 2530. The molecule has 0 radical (unpaired) electrons. The summed E-state index contributed by atoms with van der Waals surface area (Å²) >= 11 is 0. The second-order valence-electron chi connectivity index (χ2n) is 20.2. The number of aliphatic hydroxyl groups excluding tert-OH is 2. The van der Waals surface area contributed by atoms with Crippen LogP contribution in [0.25, 0.3) is 11.3 Å². The quantitative estimate of drug-likeness (QED) is 0.156. The summed E-state index contributed by atoms with van der Waals surface area (Å²) in [5.74, 6) is 2.03. The van der Waals surface area contributed by atoms with E-state index in [1.165, 1.54) is 49.9 Å². The van der Waals surface area contributed by atoms with Gasteiger partial charge in [-0.15, -0.1) is 0 Å². The Morgan fingerprint density at radius 1 is 0.561 bits per heavy atom. The summed E-state index contributed by atoms with van der Waals surface area (Å²) in [5, 5.41) is 26.7. The molecule has 6 atom stereocenters. The van der Waals surface area contributed by atoms with Crippen LogP contribution in [0, 0.1) is 0 Å². The Kier molecular flexibility index (Phi) is 11.3. The van der Waals surface area contributed by atoms with E-state index in [0.717, 1.165) is 123 Å². The molecule has 14 heteroatoms. The van der Waals surface area contributed by atoms with Crippen molar-refractivity contribution in [3.05, 3.63) is 118 Å². The number of nitrogens with zero attached hydrogens (tertiary/aromatic N) is 12. The lowest BCUT2D eigenvalue weighted by molar-refractivity contribution is 0.00894. The highest BCUT2D eigenvalue weighted by Crippen LogP contribution is 2.41. The summed E-state index contributed by atoms with van der Waals surface area (Å²) in [4.78, 5) is 35.6. The molecule has 12 rings (SSSR count). The Morgan fingerprint density at radius 3 is 1.50 bits per heavy atom. The van der Waals surface area contributed by atoms with Crippen LogP contribution in [0.5, 0.6) is 0 Å². The number of anilines is 2. The molecule has 4 fully saturated rings. The lowest BCUT2D eigenvalue weighted by Crippen LogP contribution is -2.50. The van der Waals surface area contributed by atoms with Crippen molar-refractivity contribution in [2.24, 2.45) is 0 Å². The predicted octanol–water partition coefficient (Wildman–Crippen LogP) is 6.13. The average Bonchev–Trinajstić information content (AvgIpc) is 4.17. The van der Waals surface area contributed by atoms with Gasteiger partial charge in [0.1, 0.15) is 35.1 Å². The van der Waals surface area contributed by atoms with E-state index in [0.29, 0.717) is 36.6 Å². The van der Waals surface area contributed by atoms with E-state index < -0.39 is 12.2 Å². The summed E-state index contributed by atoms with van der Waals surface area (Å²) < 4.78 is 4.35. The summed E-state index contributed by atoms with van der Waals surface area (Å²) in [5.41, 5.74) is 9.27. The number of imidazole rings is 2. The second kappa shape index (κ2) is 17.6. The molecule has 6 aromatic rings. The molecule has 346 valence electrons. The maximum absolute atomic E-state index is 13.4. The summed E-state index contributed by atoms with van der Waals surface area (Å²) in [6.07, 6.45) is 12.3. The fourth-order valence-electron chi connectivity index (χ4n) is 13.0. The number of aliphatic hydroxyl groups is 2. The van der Waals surface area contributed by atoms with E-state index in [2.05, 4.69) is 101 Å². The molecule has 0 aromatic carbocycles. The molecule has 2 aliphatic carbocycles. The van der Waals surface area contributed by atoms with Crippen LogP contribution in [0.2, 0.25) is 0 Å². The minimum Gasteiger partial charge on any atom is -0.384 e. The van der Waals surface area contributed by atoms with Crippen molar-refractivity contribution in [1.82, 2.24) is 48.3 Å². The average molecular weight is 891 g/mol. The lowest BCUT2D eigenvalue weighted by atomic mass is 9.91. The number of piperazine rings is 2. The van der Waals surface area contributed by atoms with Gasteiger partial charge in [0, 0.05) is 76.8 Å². The molecular weight excluding hydrogens is 825 g/mol.